The number of pyridine rings is 2. The smallest absolute Gasteiger partial charge is 0.233 e. The highest BCUT2D eigenvalue weighted by molar-refractivity contribution is 6.29. The lowest BCUT2D eigenvalue weighted by Crippen LogP contribution is -2.33. The average molecular weight is 380 g/mol. The zero-order chi connectivity index (χ0) is 18.5. The lowest BCUT2D eigenvalue weighted by molar-refractivity contribution is -0.121. The van der Waals surface area contributed by atoms with E-state index in [2.05, 4.69) is 15.0 Å². The summed E-state index contributed by atoms with van der Waals surface area (Å²) in [6.45, 7) is 1.98. The van der Waals surface area contributed by atoms with Crippen LogP contribution in [0.15, 0.2) is 42.9 Å². The minimum atomic E-state index is -0.0206. The molecule has 2 aliphatic rings. The van der Waals surface area contributed by atoms with Crippen LogP contribution < -0.4 is 4.90 Å². The lowest BCUT2D eigenvalue weighted by Gasteiger charge is -2.18. The second-order valence-corrected chi connectivity index (χ2v) is 7.63. The van der Waals surface area contributed by atoms with E-state index in [9.17, 15) is 4.79 Å². The quantitative estimate of drug-likeness (QED) is 0.705. The van der Waals surface area contributed by atoms with Gasteiger partial charge in [-0.05, 0) is 49.4 Å². The fourth-order valence-corrected chi connectivity index (χ4v) is 4.20. The third kappa shape index (κ3) is 2.80. The number of hydrogen-bond donors (Lipinski definition) is 1. The summed E-state index contributed by atoms with van der Waals surface area (Å²) in [5, 5.41) is 0.470. The maximum atomic E-state index is 13.1. The molecule has 27 heavy (non-hydrogen) atoms. The van der Waals surface area contributed by atoms with Gasteiger partial charge in [-0.15, -0.1) is 0 Å². The van der Waals surface area contributed by atoms with Gasteiger partial charge in [0.05, 0.1) is 5.69 Å². The maximum Gasteiger partial charge on any atom is 0.233 e. The zero-order valence-corrected chi connectivity index (χ0v) is 15.5. The molecule has 3 atom stereocenters. The van der Waals surface area contributed by atoms with E-state index in [1.54, 1.807) is 24.7 Å². The van der Waals surface area contributed by atoms with Crippen molar-refractivity contribution in [3.05, 3.63) is 59.3 Å². The summed E-state index contributed by atoms with van der Waals surface area (Å²) in [5.74, 6) is 1.16. The van der Waals surface area contributed by atoms with Gasteiger partial charge in [-0.1, -0.05) is 17.7 Å². The Morgan fingerprint density at radius 2 is 2.07 bits per heavy atom. The van der Waals surface area contributed by atoms with E-state index in [4.69, 9.17) is 16.6 Å². The Morgan fingerprint density at radius 3 is 2.81 bits per heavy atom. The molecule has 0 bridgehead atoms. The molecule has 3 aromatic rings. The second kappa shape index (κ2) is 6.16. The highest BCUT2D eigenvalue weighted by Gasteiger charge is 2.59. The predicted octanol–water partition coefficient (Wildman–Crippen LogP) is 3.42. The molecule has 136 valence electrons. The lowest BCUT2D eigenvalue weighted by atomic mass is 9.96. The van der Waals surface area contributed by atoms with E-state index < -0.39 is 0 Å². The van der Waals surface area contributed by atoms with Crippen LogP contribution in [0.2, 0.25) is 5.15 Å². The number of imidazole rings is 1. The Morgan fingerprint density at radius 1 is 1.26 bits per heavy atom. The van der Waals surface area contributed by atoms with Gasteiger partial charge in [-0.3, -0.25) is 14.7 Å². The summed E-state index contributed by atoms with van der Waals surface area (Å²) >= 11 is 5.86. The number of nitrogens with one attached hydrogen (secondary N) is 1. The molecule has 1 saturated carbocycles. The van der Waals surface area contributed by atoms with Crippen LogP contribution in [-0.2, 0) is 11.2 Å². The van der Waals surface area contributed by atoms with Gasteiger partial charge in [0.2, 0.25) is 11.9 Å². The standard InChI is InChI=1S/C20H18ClN5O/c1-11-18(13-4-6-22-7-5-13)25-20(24-11)26-16-9-14(16)15(19(26)27)8-12-2-3-17(21)23-10-12/h2-7,10,14-16H,8-9H2,1H3,(H,24,25). The van der Waals surface area contributed by atoms with Crippen LogP contribution in [0.3, 0.4) is 0 Å². The summed E-state index contributed by atoms with van der Waals surface area (Å²) in [7, 11) is 0. The molecule has 0 spiro atoms. The van der Waals surface area contributed by atoms with E-state index in [1.807, 2.05) is 30.0 Å². The number of rotatable bonds is 4. The minimum absolute atomic E-state index is 0.0206. The van der Waals surface area contributed by atoms with Crippen molar-refractivity contribution < 1.29 is 4.79 Å². The van der Waals surface area contributed by atoms with E-state index >= 15 is 0 Å². The van der Waals surface area contributed by atoms with Gasteiger partial charge in [0.15, 0.2) is 0 Å². The van der Waals surface area contributed by atoms with Crippen LogP contribution in [0.25, 0.3) is 11.3 Å². The number of fused-ring (bicyclic) bond motifs is 1. The van der Waals surface area contributed by atoms with Crippen molar-refractivity contribution in [3.8, 4) is 11.3 Å². The molecule has 3 unspecified atom stereocenters. The first-order chi connectivity index (χ1) is 13.1. The number of amides is 1. The Kier molecular flexibility index (Phi) is 3.75. The van der Waals surface area contributed by atoms with Crippen LogP contribution in [0.4, 0.5) is 5.95 Å². The van der Waals surface area contributed by atoms with Crippen molar-refractivity contribution in [3.63, 3.8) is 0 Å². The normalized spacial score (nSPS) is 23.6. The Hall–Kier alpha value is -2.73. The molecule has 4 heterocycles. The fourth-order valence-electron chi connectivity index (χ4n) is 4.09. The number of carbonyl (C=O) groups is 1. The summed E-state index contributed by atoms with van der Waals surface area (Å²) in [6.07, 6.45) is 6.97. The number of aryl methyl sites for hydroxylation is 1. The van der Waals surface area contributed by atoms with E-state index in [-0.39, 0.29) is 17.9 Å². The van der Waals surface area contributed by atoms with Gasteiger partial charge >= 0.3 is 0 Å². The summed E-state index contributed by atoms with van der Waals surface area (Å²) in [6, 6.07) is 7.82. The number of halogens is 1. The van der Waals surface area contributed by atoms with Crippen LogP contribution in [-0.4, -0.2) is 31.9 Å². The molecule has 7 heteroatoms. The average Bonchev–Trinajstić information content (AvgIpc) is 3.28. The van der Waals surface area contributed by atoms with Crippen LogP contribution >= 0.6 is 11.6 Å². The molecule has 1 N–H and O–H groups in total. The molecule has 1 amide bonds. The van der Waals surface area contributed by atoms with E-state index in [0.717, 1.165) is 28.9 Å². The van der Waals surface area contributed by atoms with Crippen molar-refractivity contribution in [2.45, 2.75) is 25.8 Å². The van der Waals surface area contributed by atoms with Crippen molar-refractivity contribution in [2.75, 3.05) is 4.90 Å². The topological polar surface area (TPSA) is 74.8 Å². The summed E-state index contributed by atoms with van der Waals surface area (Å²) in [5.41, 5.74) is 3.85. The van der Waals surface area contributed by atoms with Crippen molar-refractivity contribution >= 4 is 23.5 Å². The number of carbonyl (C=O) groups excluding carboxylic acids is 1. The summed E-state index contributed by atoms with van der Waals surface area (Å²) in [4.78, 5) is 31.2. The number of hydrogen-bond acceptors (Lipinski definition) is 4. The molecule has 1 saturated heterocycles. The van der Waals surface area contributed by atoms with Crippen molar-refractivity contribution in [1.82, 2.24) is 19.9 Å². The molecule has 3 aromatic heterocycles. The Balaban J connectivity index is 1.41. The number of nitrogens with zero attached hydrogens (tertiary/aromatic N) is 4. The Bertz CT molecular complexity index is 1000. The van der Waals surface area contributed by atoms with Crippen molar-refractivity contribution in [2.24, 2.45) is 11.8 Å². The van der Waals surface area contributed by atoms with Crippen LogP contribution in [0.5, 0.6) is 0 Å². The van der Waals surface area contributed by atoms with Gasteiger partial charge in [-0.2, -0.15) is 0 Å². The first-order valence-corrected chi connectivity index (χ1v) is 9.40. The third-order valence-electron chi connectivity index (χ3n) is 5.51. The molecular weight excluding hydrogens is 362 g/mol. The number of piperidine rings is 1. The maximum absolute atomic E-state index is 13.1. The minimum Gasteiger partial charge on any atom is -0.327 e. The molecular formula is C20H18ClN5O. The van der Waals surface area contributed by atoms with Gasteiger partial charge in [0.1, 0.15) is 5.15 Å². The van der Waals surface area contributed by atoms with Gasteiger partial charge in [0.25, 0.3) is 0 Å². The first kappa shape index (κ1) is 16.4. The Labute approximate surface area is 161 Å². The van der Waals surface area contributed by atoms with Gasteiger partial charge in [0, 0.05) is 41.8 Å². The van der Waals surface area contributed by atoms with Crippen LogP contribution in [0, 0.1) is 18.8 Å². The molecule has 0 radical (unpaired) electrons. The van der Waals surface area contributed by atoms with E-state index in [1.165, 1.54) is 0 Å². The molecule has 5 rings (SSSR count). The van der Waals surface area contributed by atoms with Crippen LogP contribution in [0.1, 0.15) is 17.7 Å². The van der Waals surface area contributed by atoms with Gasteiger partial charge in [-0.25, -0.2) is 9.97 Å². The van der Waals surface area contributed by atoms with Gasteiger partial charge < -0.3 is 4.98 Å². The first-order valence-electron chi connectivity index (χ1n) is 9.02. The van der Waals surface area contributed by atoms with Crippen molar-refractivity contribution in [1.29, 1.82) is 0 Å². The third-order valence-corrected chi connectivity index (χ3v) is 5.73. The highest BCUT2D eigenvalue weighted by Crippen LogP contribution is 2.51. The SMILES string of the molecule is Cc1[nH]c(N2C(=O)C(Cc3ccc(Cl)nc3)C3CC32)nc1-c1ccncc1. The fraction of sp³-hybridized carbons (Fsp3) is 0.300. The number of H-pyrrole nitrogens is 1. The molecule has 6 nitrogen and oxygen atoms in total. The number of aromatic amines is 1. The second-order valence-electron chi connectivity index (χ2n) is 7.24. The molecule has 1 aliphatic heterocycles. The van der Waals surface area contributed by atoms with E-state index in [0.29, 0.717) is 23.4 Å². The molecule has 1 aliphatic carbocycles. The zero-order valence-electron chi connectivity index (χ0n) is 14.8. The molecule has 2 fully saturated rings. The summed E-state index contributed by atoms with van der Waals surface area (Å²) < 4.78 is 0. The monoisotopic (exact) mass is 379 g/mol. The molecule has 0 aromatic carbocycles. The number of anilines is 1. The highest BCUT2D eigenvalue weighted by atomic mass is 35.5. The largest absolute Gasteiger partial charge is 0.327 e. The predicted molar refractivity (Wildman–Crippen MR) is 102 cm³/mol. The number of aromatic nitrogens is 4.